The lowest BCUT2D eigenvalue weighted by Gasteiger charge is -2.22. The fourth-order valence-corrected chi connectivity index (χ4v) is 3.34. The molecule has 3 rings (SSSR count). The predicted octanol–water partition coefficient (Wildman–Crippen LogP) is 4.88. The molecule has 17 heavy (non-hydrogen) atoms. The van der Waals surface area contributed by atoms with Crippen molar-refractivity contribution in [2.45, 2.75) is 29.6 Å². The van der Waals surface area contributed by atoms with Crippen LogP contribution in [0.1, 0.15) is 36.5 Å². The van der Waals surface area contributed by atoms with E-state index in [9.17, 15) is 0 Å². The summed E-state index contributed by atoms with van der Waals surface area (Å²) in [5, 5.41) is 0. The van der Waals surface area contributed by atoms with Gasteiger partial charge in [-0.05, 0) is 34.7 Å². The summed E-state index contributed by atoms with van der Waals surface area (Å²) in [6, 6.07) is 15.2. The van der Waals surface area contributed by atoms with Crippen LogP contribution in [0, 0.1) is 6.42 Å². The summed E-state index contributed by atoms with van der Waals surface area (Å²) in [5.74, 6) is 0.576. The molecule has 2 aromatic rings. The van der Waals surface area contributed by atoms with Crippen LogP contribution in [0.4, 0.5) is 0 Å². The largest absolute Gasteiger partial charge is 0.0895 e. The van der Waals surface area contributed by atoms with Crippen molar-refractivity contribution in [3.05, 3.63) is 65.6 Å². The molecule has 2 aromatic carbocycles. The summed E-state index contributed by atoms with van der Waals surface area (Å²) >= 11 is 1.88. The Morgan fingerprint density at radius 1 is 0.882 bits per heavy atom. The second-order valence-electron chi connectivity index (χ2n) is 4.70. The fourth-order valence-electron chi connectivity index (χ4n) is 2.27. The van der Waals surface area contributed by atoms with Crippen molar-refractivity contribution < 1.29 is 0 Å². The van der Waals surface area contributed by atoms with Gasteiger partial charge in [-0.3, -0.25) is 0 Å². The molecule has 0 N–H and O–H groups in total. The van der Waals surface area contributed by atoms with Crippen LogP contribution in [-0.4, -0.2) is 0 Å². The van der Waals surface area contributed by atoms with E-state index in [4.69, 9.17) is 0 Å². The van der Waals surface area contributed by atoms with Crippen molar-refractivity contribution in [2.75, 3.05) is 0 Å². The summed E-state index contributed by atoms with van der Waals surface area (Å²) in [5.41, 5.74) is 4.20. The lowest BCUT2D eigenvalue weighted by Crippen LogP contribution is -2.02. The molecular weight excluding hydrogens is 224 g/mol. The zero-order chi connectivity index (χ0) is 11.8. The highest BCUT2D eigenvalue weighted by Gasteiger charge is 2.19. The van der Waals surface area contributed by atoms with Crippen molar-refractivity contribution in [3.8, 4) is 0 Å². The van der Waals surface area contributed by atoms with Crippen LogP contribution in [-0.2, 0) is 0 Å². The quantitative estimate of drug-likeness (QED) is 0.583. The molecule has 85 valence electrons. The maximum Gasteiger partial charge on any atom is 0.0225 e. The molecule has 0 aliphatic carbocycles. The van der Waals surface area contributed by atoms with Gasteiger partial charge in [0.05, 0.1) is 0 Å². The minimum absolute atomic E-state index is 0.576. The molecule has 0 saturated heterocycles. The van der Waals surface area contributed by atoms with E-state index in [1.54, 1.807) is 0 Å². The van der Waals surface area contributed by atoms with Gasteiger partial charge in [0.25, 0.3) is 0 Å². The first-order valence-electron chi connectivity index (χ1n) is 6.00. The smallest absolute Gasteiger partial charge is 0.0225 e. The summed E-state index contributed by atoms with van der Waals surface area (Å²) in [4.78, 5) is 2.75. The minimum Gasteiger partial charge on any atom is -0.0895 e. The first-order chi connectivity index (χ1) is 8.25. The Balaban J connectivity index is 2.12. The van der Waals surface area contributed by atoms with Gasteiger partial charge in [0.15, 0.2) is 0 Å². The molecule has 0 aromatic heterocycles. The average Bonchev–Trinajstić information content (AvgIpc) is 2.35. The van der Waals surface area contributed by atoms with Crippen LogP contribution in [0.25, 0.3) is 0 Å². The molecule has 0 unspecified atom stereocenters. The van der Waals surface area contributed by atoms with Crippen molar-refractivity contribution >= 4 is 11.8 Å². The Morgan fingerprint density at radius 2 is 1.65 bits per heavy atom. The van der Waals surface area contributed by atoms with Gasteiger partial charge >= 0.3 is 0 Å². The average molecular weight is 239 g/mol. The lowest BCUT2D eigenvalue weighted by molar-refractivity contribution is 0.851. The van der Waals surface area contributed by atoms with Crippen LogP contribution >= 0.6 is 11.8 Å². The van der Waals surface area contributed by atoms with Crippen LogP contribution < -0.4 is 0 Å². The number of benzene rings is 2. The van der Waals surface area contributed by atoms with E-state index in [0.29, 0.717) is 5.92 Å². The van der Waals surface area contributed by atoms with Crippen LogP contribution in [0.3, 0.4) is 0 Å². The van der Waals surface area contributed by atoms with Crippen molar-refractivity contribution in [2.24, 2.45) is 0 Å². The van der Waals surface area contributed by atoms with Crippen LogP contribution in [0.2, 0.25) is 0 Å². The van der Waals surface area contributed by atoms with Gasteiger partial charge in [-0.1, -0.05) is 55.9 Å². The molecule has 1 radical (unpaired) electrons. The van der Waals surface area contributed by atoms with E-state index < -0.39 is 0 Å². The highest BCUT2D eigenvalue weighted by Crippen LogP contribution is 2.42. The Bertz CT molecular complexity index is 555. The van der Waals surface area contributed by atoms with E-state index in [0.717, 1.165) is 0 Å². The van der Waals surface area contributed by atoms with Gasteiger partial charge in [-0.15, -0.1) is 0 Å². The molecule has 0 fully saturated rings. The van der Waals surface area contributed by atoms with Gasteiger partial charge in [-0.2, -0.15) is 0 Å². The molecule has 0 atom stereocenters. The Labute approximate surface area is 107 Å². The van der Waals surface area contributed by atoms with Gasteiger partial charge in [-0.25, -0.2) is 0 Å². The summed E-state index contributed by atoms with van der Waals surface area (Å²) < 4.78 is 0. The van der Waals surface area contributed by atoms with Crippen LogP contribution in [0.15, 0.2) is 52.3 Å². The summed E-state index contributed by atoms with van der Waals surface area (Å²) in [7, 11) is 0. The normalized spacial score (nSPS) is 13.4. The number of rotatable bonds is 1. The Hall–Kier alpha value is -1.21. The zero-order valence-corrected chi connectivity index (χ0v) is 10.9. The molecule has 0 bridgehead atoms. The van der Waals surface area contributed by atoms with E-state index in [1.807, 2.05) is 11.8 Å². The third-order valence-corrected chi connectivity index (χ3v) is 4.33. The zero-order valence-electron chi connectivity index (χ0n) is 10.1. The Kier molecular flexibility index (Phi) is 2.71. The highest BCUT2D eigenvalue weighted by atomic mass is 32.2. The fraction of sp³-hybridized carbons (Fsp3) is 0.188. The number of hydrogen-bond acceptors (Lipinski definition) is 1. The van der Waals surface area contributed by atoms with Gasteiger partial charge in [0, 0.05) is 16.2 Å². The lowest BCUT2D eigenvalue weighted by atomic mass is 9.92. The van der Waals surface area contributed by atoms with Crippen molar-refractivity contribution in [3.63, 3.8) is 0 Å². The maximum atomic E-state index is 2.33. The van der Waals surface area contributed by atoms with Crippen LogP contribution in [0.5, 0.6) is 0 Å². The molecule has 1 aliphatic rings. The molecule has 1 heterocycles. The van der Waals surface area contributed by atoms with E-state index >= 15 is 0 Å². The first-order valence-corrected chi connectivity index (χ1v) is 6.82. The topological polar surface area (TPSA) is 0 Å². The third kappa shape index (κ3) is 1.89. The second-order valence-corrected chi connectivity index (χ2v) is 5.78. The summed E-state index contributed by atoms with van der Waals surface area (Å²) in [6.07, 6.45) is 2.33. The van der Waals surface area contributed by atoms with Gasteiger partial charge in [0.2, 0.25) is 0 Å². The second kappa shape index (κ2) is 4.23. The molecule has 0 amide bonds. The number of fused-ring (bicyclic) bond motifs is 2. The molecule has 1 heteroatoms. The Morgan fingerprint density at radius 3 is 2.47 bits per heavy atom. The highest BCUT2D eigenvalue weighted by molar-refractivity contribution is 7.99. The first kappa shape index (κ1) is 10.9. The minimum atomic E-state index is 0.576. The van der Waals surface area contributed by atoms with Crippen molar-refractivity contribution in [1.29, 1.82) is 0 Å². The molecule has 0 saturated carbocycles. The van der Waals surface area contributed by atoms with Gasteiger partial charge in [0.1, 0.15) is 0 Å². The molecular formula is C16H15S. The van der Waals surface area contributed by atoms with E-state index in [-0.39, 0.29) is 0 Å². The monoisotopic (exact) mass is 239 g/mol. The SMILES string of the molecule is CC(C)c1cccc2c1[CH]c1ccccc1S2. The maximum absolute atomic E-state index is 2.33. The molecule has 1 aliphatic heterocycles. The molecule has 0 nitrogen and oxygen atoms in total. The standard InChI is InChI=1S/C16H15S/c1-11(2)13-7-5-9-16-14(13)10-12-6-3-4-8-15(12)17-16/h3-11H,1-2H3. The van der Waals surface area contributed by atoms with E-state index in [2.05, 4.69) is 62.7 Å². The van der Waals surface area contributed by atoms with Crippen molar-refractivity contribution in [1.82, 2.24) is 0 Å². The predicted molar refractivity (Wildman–Crippen MR) is 73.6 cm³/mol. The van der Waals surface area contributed by atoms with E-state index in [1.165, 1.54) is 26.5 Å². The number of hydrogen-bond donors (Lipinski definition) is 0. The molecule has 0 spiro atoms. The summed E-state index contributed by atoms with van der Waals surface area (Å²) in [6.45, 7) is 4.52. The van der Waals surface area contributed by atoms with Gasteiger partial charge < -0.3 is 0 Å². The third-order valence-electron chi connectivity index (χ3n) is 3.16.